The van der Waals surface area contributed by atoms with Crippen LogP contribution in [0.4, 0.5) is 4.79 Å². The van der Waals surface area contributed by atoms with Gasteiger partial charge in [0, 0.05) is 12.8 Å². The molecule has 0 radical (unpaired) electrons. The van der Waals surface area contributed by atoms with Crippen LogP contribution in [0.2, 0.25) is 0 Å². The highest BCUT2D eigenvalue weighted by Crippen LogP contribution is 2.24. The Labute approximate surface area is 109 Å². The van der Waals surface area contributed by atoms with E-state index in [-0.39, 0.29) is 25.0 Å². The monoisotopic (exact) mass is 291 g/mol. The van der Waals surface area contributed by atoms with E-state index < -0.39 is 39.2 Å². The van der Waals surface area contributed by atoms with E-state index in [1.807, 2.05) is 0 Å². The molecule has 9 heteroatoms. The van der Waals surface area contributed by atoms with Crippen LogP contribution < -0.4 is 0 Å². The zero-order chi connectivity index (χ0) is 14.2. The lowest BCUT2D eigenvalue weighted by Gasteiger charge is -2.17. The maximum absolute atomic E-state index is 11.5. The Morgan fingerprint density at radius 3 is 2.32 bits per heavy atom. The fourth-order valence-electron chi connectivity index (χ4n) is 1.96. The van der Waals surface area contributed by atoms with Crippen molar-refractivity contribution in [2.24, 2.45) is 0 Å². The van der Waals surface area contributed by atoms with Crippen LogP contribution in [0.15, 0.2) is 0 Å². The summed E-state index contributed by atoms with van der Waals surface area (Å²) in [4.78, 5) is 38.3. The van der Waals surface area contributed by atoms with Gasteiger partial charge >= 0.3 is 6.16 Å². The minimum Gasteiger partial charge on any atom is -0.428 e. The van der Waals surface area contributed by atoms with Gasteiger partial charge in [-0.15, -0.1) is 0 Å². The Bertz CT molecular complexity index is 510. The number of nitrogens with zero attached hydrogens (tertiary/aromatic N) is 1. The second-order valence-electron chi connectivity index (χ2n) is 4.44. The summed E-state index contributed by atoms with van der Waals surface area (Å²) in [6.45, 7) is 1.44. The molecular weight excluding hydrogens is 278 g/mol. The molecule has 19 heavy (non-hydrogen) atoms. The number of carbonyl (C=O) groups is 3. The predicted molar refractivity (Wildman–Crippen MR) is 60.3 cm³/mol. The zero-order valence-electron chi connectivity index (χ0n) is 10.2. The standard InChI is InChI=1S/C10H13NO7S/c1-6-7(4-5-19(6,15)16)17-10(14)18-11-8(12)2-3-9(11)13/h6-7H,2-5H2,1H3/t6-,7-/m1/s1. The Hall–Kier alpha value is -1.64. The summed E-state index contributed by atoms with van der Waals surface area (Å²) in [7, 11) is -3.25. The van der Waals surface area contributed by atoms with Crippen molar-refractivity contribution in [2.75, 3.05) is 5.75 Å². The number of ether oxygens (including phenoxy) is 1. The van der Waals surface area contributed by atoms with Gasteiger partial charge in [0.15, 0.2) is 9.84 Å². The first-order valence-corrected chi connectivity index (χ1v) is 7.49. The van der Waals surface area contributed by atoms with Gasteiger partial charge in [-0.25, -0.2) is 13.2 Å². The van der Waals surface area contributed by atoms with Crippen molar-refractivity contribution >= 4 is 27.8 Å². The van der Waals surface area contributed by atoms with Crippen molar-refractivity contribution < 1.29 is 32.4 Å². The fraction of sp³-hybridized carbons (Fsp3) is 0.700. The number of hydrogen-bond acceptors (Lipinski definition) is 7. The molecule has 2 fully saturated rings. The molecule has 0 aromatic carbocycles. The van der Waals surface area contributed by atoms with Gasteiger partial charge in [-0.3, -0.25) is 14.4 Å². The molecule has 2 amide bonds. The molecule has 0 aromatic heterocycles. The van der Waals surface area contributed by atoms with Gasteiger partial charge in [0.2, 0.25) is 0 Å². The molecular formula is C10H13NO7S. The van der Waals surface area contributed by atoms with E-state index >= 15 is 0 Å². The van der Waals surface area contributed by atoms with Crippen LogP contribution in [0.3, 0.4) is 0 Å². The first kappa shape index (κ1) is 13.8. The molecule has 8 nitrogen and oxygen atoms in total. The lowest BCUT2D eigenvalue weighted by Crippen LogP contribution is -2.35. The van der Waals surface area contributed by atoms with E-state index in [1.165, 1.54) is 6.92 Å². The summed E-state index contributed by atoms with van der Waals surface area (Å²) in [6, 6.07) is 0. The molecule has 2 saturated heterocycles. The quantitative estimate of drug-likeness (QED) is 0.511. The highest BCUT2D eigenvalue weighted by Gasteiger charge is 2.41. The summed E-state index contributed by atoms with van der Waals surface area (Å²) in [5.41, 5.74) is 0. The summed E-state index contributed by atoms with van der Waals surface area (Å²) in [5.74, 6) is -1.30. The van der Waals surface area contributed by atoms with Crippen molar-refractivity contribution in [3.05, 3.63) is 0 Å². The minimum atomic E-state index is -3.25. The maximum atomic E-state index is 11.5. The smallest absolute Gasteiger partial charge is 0.428 e. The molecule has 0 unspecified atom stereocenters. The second-order valence-corrected chi connectivity index (χ2v) is 6.92. The third-order valence-corrected chi connectivity index (χ3v) is 5.44. The van der Waals surface area contributed by atoms with Gasteiger partial charge in [-0.2, -0.15) is 0 Å². The molecule has 2 aliphatic rings. The predicted octanol–water partition coefficient (Wildman–Crippen LogP) is -0.221. The van der Waals surface area contributed by atoms with Crippen LogP contribution in [0.5, 0.6) is 0 Å². The summed E-state index contributed by atoms with van der Waals surface area (Å²) >= 11 is 0. The van der Waals surface area contributed by atoms with Crippen LogP contribution in [0, 0.1) is 0 Å². The number of hydroxylamine groups is 2. The lowest BCUT2D eigenvalue weighted by atomic mass is 10.2. The molecule has 106 valence electrons. The van der Waals surface area contributed by atoms with Crippen LogP contribution in [-0.4, -0.2) is 48.6 Å². The third-order valence-electron chi connectivity index (χ3n) is 3.20. The Kier molecular flexibility index (Phi) is 3.48. The molecule has 2 atom stereocenters. The van der Waals surface area contributed by atoms with E-state index in [0.29, 0.717) is 5.06 Å². The Morgan fingerprint density at radius 2 is 1.84 bits per heavy atom. The van der Waals surface area contributed by atoms with E-state index in [4.69, 9.17) is 4.74 Å². The molecule has 0 spiro atoms. The lowest BCUT2D eigenvalue weighted by molar-refractivity contribution is -0.178. The van der Waals surface area contributed by atoms with Crippen LogP contribution in [0.1, 0.15) is 26.2 Å². The van der Waals surface area contributed by atoms with Crippen molar-refractivity contribution in [3.8, 4) is 0 Å². The van der Waals surface area contributed by atoms with Crippen molar-refractivity contribution in [1.82, 2.24) is 5.06 Å². The van der Waals surface area contributed by atoms with E-state index in [2.05, 4.69) is 4.84 Å². The van der Waals surface area contributed by atoms with Crippen molar-refractivity contribution in [2.45, 2.75) is 37.5 Å². The number of imide groups is 1. The van der Waals surface area contributed by atoms with E-state index in [0.717, 1.165) is 0 Å². The van der Waals surface area contributed by atoms with Gasteiger partial charge in [-0.05, 0) is 13.3 Å². The highest BCUT2D eigenvalue weighted by atomic mass is 32.2. The maximum Gasteiger partial charge on any atom is 0.534 e. The average molecular weight is 291 g/mol. The Morgan fingerprint density at radius 1 is 1.26 bits per heavy atom. The molecule has 0 saturated carbocycles. The number of carbonyl (C=O) groups excluding carboxylic acids is 3. The number of rotatable bonds is 2. The number of hydrogen-bond donors (Lipinski definition) is 0. The highest BCUT2D eigenvalue weighted by molar-refractivity contribution is 7.92. The molecule has 0 bridgehead atoms. The molecule has 2 aliphatic heterocycles. The normalized spacial score (nSPS) is 29.6. The van der Waals surface area contributed by atoms with E-state index in [9.17, 15) is 22.8 Å². The first-order chi connectivity index (χ1) is 8.81. The SMILES string of the molecule is C[C@@H]1[C@H](OC(=O)ON2C(=O)CCC2=O)CCS1(=O)=O. The summed E-state index contributed by atoms with van der Waals surface area (Å²) in [6.07, 6.45) is -1.90. The van der Waals surface area contributed by atoms with Gasteiger partial charge in [0.1, 0.15) is 6.10 Å². The third kappa shape index (κ3) is 2.70. The first-order valence-electron chi connectivity index (χ1n) is 5.77. The van der Waals surface area contributed by atoms with Gasteiger partial charge in [0.05, 0.1) is 11.0 Å². The molecule has 2 heterocycles. The van der Waals surface area contributed by atoms with Gasteiger partial charge in [-0.1, -0.05) is 5.06 Å². The molecule has 0 aromatic rings. The molecule has 2 rings (SSSR count). The van der Waals surface area contributed by atoms with E-state index in [1.54, 1.807) is 0 Å². The molecule has 0 N–H and O–H groups in total. The minimum absolute atomic E-state index is 0.0136. The van der Waals surface area contributed by atoms with Crippen molar-refractivity contribution in [3.63, 3.8) is 0 Å². The van der Waals surface area contributed by atoms with Gasteiger partial charge in [0.25, 0.3) is 11.8 Å². The average Bonchev–Trinajstić information content (AvgIpc) is 2.77. The zero-order valence-corrected chi connectivity index (χ0v) is 11.0. The van der Waals surface area contributed by atoms with Crippen molar-refractivity contribution in [1.29, 1.82) is 0 Å². The van der Waals surface area contributed by atoms with Crippen LogP contribution in [0.25, 0.3) is 0 Å². The summed E-state index contributed by atoms with van der Waals surface area (Å²) in [5, 5.41) is -0.457. The Balaban J connectivity index is 1.92. The van der Waals surface area contributed by atoms with Crippen LogP contribution in [-0.2, 0) is 29.0 Å². The van der Waals surface area contributed by atoms with Crippen LogP contribution >= 0.6 is 0 Å². The number of amides is 2. The largest absolute Gasteiger partial charge is 0.534 e. The second kappa shape index (κ2) is 4.80. The summed E-state index contributed by atoms with van der Waals surface area (Å²) < 4.78 is 27.7. The number of sulfone groups is 1. The van der Waals surface area contributed by atoms with Gasteiger partial charge < -0.3 is 4.74 Å². The fourth-order valence-corrected chi connectivity index (χ4v) is 3.55. The topological polar surface area (TPSA) is 107 Å². The molecule has 0 aliphatic carbocycles.